The number of phenols is 1. The van der Waals surface area contributed by atoms with Crippen molar-refractivity contribution in [3.05, 3.63) is 88.0 Å². The molecular formula is C43H49N3O10S. The van der Waals surface area contributed by atoms with Crippen LogP contribution in [0.25, 0.3) is 0 Å². The number of thioether (sulfide) groups is 1. The fourth-order valence-electron chi connectivity index (χ4n) is 10.3. The second kappa shape index (κ2) is 14.3. The van der Waals surface area contributed by atoms with Crippen molar-refractivity contribution in [3.63, 3.8) is 0 Å². The maximum Gasteiger partial charge on any atom is 0.331 e. The van der Waals surface area contributed by atoms with Crippen LogP contribution in [0.15, 0.2) is 43.5 Å². The first-order valence-corrected chi connectivity index (χ1v) is 20.4. The zero-order valence-corrected chi connectivity index (χ0v) is 33.7. The van der Waals surface area contributed by atoms with Crippen LogP contribution in [-0.2, 0) is 27.9 Å². The largest absolute Gasteiger partial charge is 0.504 e. The van der Waals surface area contributed by atoms with Gasteiger partial charge in [-0.25, -0.2) is 4.79 Å². The van der Waals surface area contributed by atoms with Crippen LogP contribution in [0.1, 0.15) is 61.8 Å². The molecule has 0 radical (unpaired) electrons. The zero-order chi connectivity index (χ0) is 39.9. The highest BCUT2D eigenvalue weighted by atomic mass is 32.2. The third kappa shape index (κ3) is 5.47. The first-order chi connectivity index (χ1) is 27.6. The fraction of sp³-hybridized carbons (Fsp3) is 0.465. The van der Waals surface area contributed by atoms with Crippen LogP contribution in [0.5, 0.6) is 40.2 Å². The molecule has 1 unspecified atom stereocenters. The summed E-state index contributed by atoms with van der Waals surface area (Å²) in [6.45, 7) is 12.8. The van der Waals surface area contributed by atoms with E-state index in [0.717, 1.165) is 38.9 Å². The van der Waals surface area contributed by atoms with Crippen LogP contribution in [-0.4, -0.2) is 104 Å². The van der Waals surface area contributed by atoms with Gasteiger partial charge in [-0.3, -0.25) is 15.1 Å². The summed E-state index contributed by atoms with van der Waals surface area (Å²) in [5.41, 5.74) is 5.74. The van der Waals surface area contributed by atoms with Gasteiger partial charge < -0.3 is 43.4 Å². The third-order valence-corrected chi connectivity index (χ3v) is 14.2. The fourth-order valence-corrected chi connectivity index (χ4v) is 12.0. The molecule has 57 heavy (non-hydrogen) atoms. The molecule has 3 aromatic rings. The molecular weight excluding hydrogens is 751 g/mol. The predicted octanol–water partition coefficient (Wildman–Crippen LogP) is 4.91. The van der Waals surface area contributed by atoms with Crippen molar-refractivity contribution in [1.29, 1.82) is 0 Å². The second-order valence-electron chi connectivity index (χ2n) is 15.5. The lowest BCUT2D eigenvalue weighted by Gasteiger charge is -2.62. The molecule has 4 bridgehead atoms. The van der Waals surface area contributed by atoms with E-state index in [1.54, 1.807) is 43.2 Å². The lowest BCUT2D eigenvalue weighted by Crippen LogP contribution is -2.70. The lowest BCUT2D eigenvalue weighted by molar-refractivity contribution is -0.186. The summed E-state index contributed by atoms with van der Waals surface area (Å²) >= 11 is 1.60. The number of methoxy groups -OCH3 is 2. The Bertz CT molecular complexity index is 2180. The van der Waals surface area contributed by atoms with Crippen LogP contribution in [0.2, 0.25) is 0 Å². The van der Waals surface area contributed by atoms with E-state index in [0.29, 0.717) is 53.7 Å². The standard InChI is InChI=1S/C43H49N3O10S/c1-8-12-52-36-22(4)37-39(56-20-55-37)31-27-18-54-42(49)43(25-17-29(50-6)28(47)16-23(25)10-11-44-43)19-57-40(32(31)36)34-33-30-24(15-26(45(33)5)41(48)46(27)34)14-21(3)35(51-7)38(30)53-13-9-2/h8-9,14,16-17,26-27,33-34,40-41,44,47-48H,1-2,10-13,15,18-20H2,3-7H3/t26-,27-,33+,34?,40+,41-,43+/m0/s1. The number of carbonyl (C=O) groups is 1. The Kier molecular flexibility index (Phi) is 9.55. The van der Waals surface area contributed by atoms with Gasteiger partial charge >= 0.3 is 5.97 Å². The molecule has 1 spiro atoms. The van der Waals surface area contributed by atoms with Crippen molar-refractivity contribution < 1.29 is 48.2 Å². The first kappa shape index (κ1) is 37.9. The molecule has 0 saturated carbocycles. The van der Waals surface area contributed by atoms with E-state index in [1.165, 1.54) is 7.11 Å². The van der Waals surface area contributed by atoms with Gasteiger partial charge in [0.2, 0.25) is 6.79 Å². The summed E-state index contributed by atoms with van der Waals surface area (Å²) in [6, 6.07) is 3.89. The van der Waals surface area contributed by atoms with Crippen molar-refractivity contribution >= 4 is 17.7 Å². The number of hydrogen-bond donors (Lipinski definition) is 3. The molecule has 2 fully saturated rings. The number of rotatable bonds is 8. The van der Waals surface area contributed by atoms with Crippen LogP contribution >= 0.6 is 11.8 Å². The molecule has 0 amide bonds. The zero-order valence-electron chi connectivity index (χ0n) is 32.9. The molecule has 7 aliphatic heterocycles. The van der Waals surface area contributed by atoms with Gasteiger partial charge in [0.05, 0.1) is 37.6 Å². The number of aromatic hydroxyl groups is 1. The Balaban J connectivity index is 1.32. The summed E-state index contributed by atoms with van der Waals surface area (Å²) in [5, 5.41) is 26.7. The summed E-state index contributed by atoms with van der Waals surface area (Å²) in [7, 11) is 5.22. The van der Waals surface area contributed by atoms with Crippen LogP contribution in [0.4, 0.5) is 0 Å². The Morgan fingerprint density at radius 3 is 2.47 bits per heavy atom. The topological polar surface area (TPSA) is 141 Å². The molecule has 0 aliphatic carbocycles. The van der Waals surface area contributed by atoms with Crippen molar-refractivity contribution in [2.45, 2.75) is 67.9 Å². The number of esters is 1. The number of piperazine rings is 1. The summed E-state index contributed by atoms with van der Waals surface area (Å²) in [6.07, 6.45) is 3.64. The molecule has 7 atom stereocenters. The number of aryl methyl sites for hydroxylation is 1. The number of phenolic OH excluding ortho intramolecular Hbond substituents is 1. The minimum absolute atomic E-state index is 0.0123. The number of benzene rings is 3. The highest BCUT2D eigenvalue weighted by molar-refractivity contribution is 7.99. The predicted molar refractivity (Wildman–Crippen MR) is 213 cm³/mol. The summed E-state index contributed by atoms with van der Waals surface area (Å²) in [5.74, 6) is 3.17. The number of fused-ring (bicyclic) bond motifs is 9. The van der Waals surface area contributed by atoms with Gasteiger partial charge in [0.1, 0.15) is 31.8 Å². The number of nitrogens with one attached hydrogen (secondary N) is 1. The van der Waals surface area contributed by atoms with E-state index in [-0.39, 0.29) is 55.9 Å². The minimum atomic E-state index is -1.29. The lowest BCUT2D eigenvalue weighted by atomic mass is 9.73. The average molecular weight is 800 g/mol. The maximum atomic E-state index is 14.8. The SMILES string of the molecule is C=CCOc1c(C)c2c(c3c1[C@H]1SC[C@]4(NCCc5cc(O)c(OC)cc54)C(=O)OC[C@@H]3N3C1[C@H]1c4c(cc(C)c(OC)c4OCC=C)C[C@@H]([C@@H]3O)N1C)OCO2. The van der Waals surface area contributed by atoms with Crippen LogP contribution in [0, 0.1) is 13.8 Å². The van der Waals surface area contributed by atoms with E-state index in [4.69, 9.17) is 33.2 Å². The monoisotopic (exact) mass is 799 g/mol. The van der Waals surface area contributed by atoms with Gasteiger partial charge in [0, 0.05) is 40.6 Å². The van der Waals surface area contributed by atoms with Gasteiger partial charge in [-0.05, 0) is 68.1 Å². The Hall–Kier alpha value is -4.60. The average Bonchev–Trinajstić information content (AvgIpc) is 3.70. The molecule has 2 saturated heterocycles. The molecule has 7 aliphatic rings. The number of aliphatic hydroxyl groups is 1. The number of nitrogens with zero attached hydrogens (tertiary/aromatic N) is 2. The number of aliphatic hydroxyl groups excluding tert-OH is 1. The van der Waals surface area contributed by atoms with Gasteiger partial charge in [-0.15, -0.1) is 11.8 Å². The smallest absolute Gasteiger partial charge is 0.331 e. The Morgan fingerprint density at radius 1 is 0.982 bits per heavy atom. The van der Waals surface area contributed by atoms with Crippen molar-refractivity contribution in [3.8, 4) is 40.2 Å². The first-order valence-electron chi connectivity index (χ1n) is 19.3. The number of carbonyl (C=O) groups excluding carboxylic acids is 1. The van der Waals surface area contributed by atoms with Crippen LogP contribution in [0.3, 0.4) is 0 Å². The van der Waals surface area contributed by atoms with E-state index in [2.05, 4.69) is 41.4 Å². The van der Waals surface area contributed by atoms with E-state index in [9.17, 15) is 15.0 Å². The number of ether oxygens (including phenoxy) is 7. The molecule has 10 rings (SSSR count). The molecule has 0 aromatic heterocycles. The van der Waals surface area contributed by atoms with Crippen molar-refractivity contribution in [1.82, 2.24) is 15.1 Å². The molecule has 302 valence electrons. The van der Waals surface area contributed by atoms with Crippen molar-refractivity contribution in [2.75, 3.05) is 60.2 Å². The minimum Gasteiger partial charge on any atom is -0.504 e. The quantitative estimate of drug-likeness (QED) is 0.210. The molecule has 14 heteroatoms. The van der Waals surface area contributed by atoms with Crippen LogP contribution < -0.4 is 33.7 Å². The van der Waals surface area contributed by atoms with E-state index in [1.807, 2.05) is 13.8 Å². The molecule has 13 nitrogen and oxygen atoms in total. The molecule has 7 heterocycles. The number of likely N-dealkylation sites (N-methyl/N-ethyl adjacent to an activating group) is 1. The van der Waals surface area contributed by atoms with Gasteiger partial charge in [-0.2, -0.15) is 0 Å². The molecule has 3 N–H and O–H groups in total. The summed E-state index contributed by atoms with van der Waals surface area (Å²) < 4.78 is 43.7. The summed E-state index contributed by atoms with van der Waals surface area (Å²) in [4.78, 5) is 19.2. The highest BCUT2D eigenvalue weighted by Crippen LogP contribution is 2.64. The van der Waals surface area contributed by atoms with Gasteiger partial charge in [0.25, 0.3) is 0 Å². The van der Waals surface area contributed by atoms with E-state index >= 15 is 0 Å². The Labute approximate surface area is 336 Å². The normalized spacial score (nSPS) is 28.4. The second-order valence-corrected chi connectivity index (χ2v) is 16.6. The van der Waals surface area contributed by atoms with Crippen molar-refractivity contribution in [2.24, 2.45) is 0 Å². The molecule has 3 aromatic carbocycles. The maximum absolute atomic E-state index is 14.8. The van der Waals surface area contributed by atoms with E-state index < -0.39 is 35.1 Å². The van der Waals surface area contributed by atoms with Gasteiger partial charge in [-0.1, -0.05) is 31.4 Å². The van der Waals surface area contributed by atoms with Gasteiger partial charge in [0.15, 0.2) is 40.0 Å². The Morgan fingerprint density at radius 2 is 1.74 bits per heavy atom. The third-order valence-electron chi connectivity index (χ3n) is 12.7. The number of hydrogen-bond acceptors (Lipinski definition) is 14. The highest BCUT2D eigenvalue weighted by Gasteiger charge is 2.61.